The number of aliphatic hydroxyl groups is 1. The Labute approximate surface area is 118 Å². The molecule has 0 aromatic carbocycles. The Morgan fingerprint density at radius 1 is 1.60 bits per heavy atom. The van der Waals surface area contributed by atoms with Crippen molar-refractivity contribution < 1.29 is 14.6 Å². The number of aromatic nitrogens is 1. The summed E-state index contributed by atoms with van der Waals surface area (Å²) in [4.78, 5) is 17.9. The zero-order valence-corrected chi connectivity index (χ0v) is 11.5. The molecule has 20 heavy (non-hydrogen) atoms. The normalized spacial score (nSPS) is 17.4. The smallest absolute Gasteiger partial charge is 0.272 e. The number of rotatable bonds is 3. The fourth-order valence-electron chi connectivity index (χ4n) is 2.11. The predicted molar refractivity (Wildman–Crippen MR) is 74.1 cm³/mol. The van der Waals surface area contributed by atoms with Crippen LogP contribution in [0.15, 0.2) is 18.3 Å². The quantitative estimate of drug-likeness (QED) is 0.823. The van der Waals surface area contributed by atoms with Crippen LogP contribution in [-0.2, 0) is 4.74 Å². The molecule has 1 aliphatic rings. The molecule has 2 rings (SSSR count). The summed E-state index contributed by atoms with van der Waals surface area (Å²) < 4.78 is 5.52. The first-order chi connectivity index (χ1) is 9.70. The molecule has 0 aliphatic carbocycles. The molecule has 0 saturated carbocycles. The number of ether oxygens (including phenoxy) is 1. The Kier molecular flexibility index (Phi) is 5.10. The van der Waals surface area contributed by atoms with Crippen molar-refractivity contribution >= 4 is 5.91 Å². The highest BCUT2D eigenvalue weighted by molar-refractivity contribution is 5.92. The highest BCUT2D eigenvalue weighted by atomic mass is 16.5. The molecule has 1 fully saturated rings. The molecule has 1 aromatic heterocycles. The largest absolute Gasteiger partial charge is 0.384 e. The molecule has 1 aliphatic heterocycles. The lowest BCUT2D eigenvalue weighted by Gasteiger charge is -2.20. The van der Waals surface area contributed by atoms with E-state index in [2.05, 4.69) is 16.8 Å². The number of pyridine rings is 1. The maximum absolute atomic E-state index is 12.2. The lowest BCUT2D eigenvalue weighted by Crippen LogP contribution is -2.34. The summed E-state index contributed by atoms with van der Waals surface area (Å²) in [6.45, 7) is 1.18. The minimum Gasteiger partial charge on any atom is -0.384 e. The number of likely N-dealkylation sites (N-methyl/N-ethyl adjacent to an activating group) is 1. The zero-order chi connectivity index (χ0) is 14.4. The molecule has 1 atom stereocenters. The molecule has 5 heteroatoms. The van der Waals surface area contributed by atoms with Crippen LogP contribution in [0.1, 0.15) is 28.9 Å². The van der Waals surface area contributed by atoms with Gasteiger partial charge < -0.3 is 14.7 Å². The standard InChI is InChI=1S/C15H18N2O3/c1-17(11-13-5-3-9-20-13)15(19)14-7-6-12(10-16-14)4-2-8-18/h6-7,10,13,18H,3,5,8-9,11H2,1H3. The van der Waals surface area contributed by atoms with Crippen molar-refractivity contribution in [1.82, 2.24) is 9.88 Å². The topological polar surface area (TPSA) is 62.7 Å². The summed E-state index contributed by atoms with van der Waals surface area (Å²) in [5.74, 6) is 5.16. The number of aliphatic hydroxyl groups excluding tert-OH is 1. The van der Waals surface area contributed by atoms with Crippen molar-refractivity contribution in [3.05, 3.63) is 29.6 Å². The van der Waals surface area contributed by atoms with E-state index in [1.165, 1.54) is 6.20 Å². The van der Waals surface area contributed by atoms with E-state index < -0.39 is 0 Å². The summed E-state index contributed by atoms with van der Waals surface area (Å²) in [6, 6.07) is 3.37. The molecular weight excluding hydrogens is 256 g/mol. The van der Waals surface area contributed by atoms with Gasteiger partial charge in [-0.1, -0.05) is 11.8 Å². The average molecular weight is 274 g/mol. The van der Waals surface area contributed by atoms with Crippen LogP contribution in [0.4, 0.5) is 0 Å². The van der Waals surface area contributed by atoms with Gasteiger partial charge in [0.25, 0.3) is 5.91 Å². The first-order valence-corrected chi connectivity index (χ1v) is 6.63. The molecule has 1 amide bonds. The minimum atomic E-state index is -0.190. The van der Waals surface area contributed by atoms with E-state index in [-0.39, 0.29) is 18.6 Å². The first-order valence-electron chi connectivity index (χ1n) is 6.63. The van der Waals surface area contributed by atoms with Crippen molar-refractivity contribution in [1.29, 1.82) is 0 Å². The number of hydrogen-bond acceptors (Lipinski definition) is 4. The van der Waals surface area contributed by atoms with E-state index in [1.807, 2.05) is 0 Å². The lowest BCUT2D eigenvalue weighted by molar-refractivity contribution is 0.0583. The highest BCUT2D eigenvalue weighted by Crippen LogP contribution is 2.13. The molecule has 0 bridgehead atoms. The second kappa shape index (κ2) is 7.04. The van der Waals surface area contributed by atoms with Gasteiger partial charge in [0.05, 0.1) is 6.10 Å². The Hall–Kier alpha value is -1.90. The summed E-state index contributed by atoms with van der Waals surface area (Å²) in [6.07, 6.45) is 3.73. The van der Waals surface area contributed by atoms with Gasteiger partial charge in [0, 0.05) is 32.0 Å². The number of carbonyl (C=O) groups is 1. The Bertz CT molecular complexity index is 510. The average Bonchev–Trinajstić information content (AvgIpc) is 2.97. The van der Waals surface area contributed by atoms with E-state index >= 15 is 0 Å². The lowest BCUT2D eigenvalue weighted by atomic mass is 10.2. The monoisotopic (exact) mass is 274 g/mol. The van der Waals surface area contributed by atoms with E-state index in [0.29, 0.717) is 17.8 Å². The molecule has 0 spiro atoms. The summed E-state index contributed by atoms with van der Waals surface area (Å²) >= 11 is 0. The van der Waals surface area contributed by atoms with Gasteiger partial charge in [-0.15, -0.1) is 0 Å². The van der Waals surface area contributed by atoms with Crippen LogP contribution in [0, 0.1) is 11.8 Å². The Morgan fingerprint density at radius 3 is 3.05 bits per heavy atom. The number of amides is 1. The molecule has 1 saturated heterocycles. The summed E-state index contributed by atoms with van der Waals surface area (Å²) in [5, 5.41) is 8.61. The fourth-order valence-corrected chi connectivity index (χ4v) is 2.11. The molecule has 5 nitrogen and oxygen atoms in total. The third-order valence-corrected chi connectivity index (χ3v) is 3.14. The fraction of sp³-hybridized carbons (Fsp3) is 0.467. The number of hydrogen-bond donors (Lipinski definition) is 1. The molecule has 106 valence electrons. The molecule has 2 heterocycles. The van der Waals surface area contributed by atoms with Crippen LogP contribution in [0.25, 0.3) is 0 Å². The van der Waals surface area contributed by atoms with Gasteiger partial charge in [0.1, 0.15) is 12.3 Å². The van der Waals surface area contributed by atoms with Crippen LogP contribution < -0.4 is 0 Å². The maximum Gasteiger partial charge on any atom is 0.272 e. The highest BCUT2D eigenvalue weighted by Gasteiger charge is 2.21. The van der Waals surface area contributed by atoms with E-state index in [4.69, 9.17) is 9.84 Å². The molecular formula is C15H18N2O3. The molecule has 1 N–H and O–H groups in total. The van der Waals surface area contributed by atoms with Crippen LogP contribution in [0.3, 0.4) is 0 Å². The summed E-state index contributed by atoms with van der Waals surface area (Å²) in [5.41, 5.74) is 1.07. The molecule has 0 radical (unpaired) electrons. The van der Waals surface area contributed by atoms with E-state index in [9.17, 15) is 4.79 Å². The number of carbonyl (C=O) groups excluding carboxylic acids is 1. The van der Waals surface area contributed by atoms with Crippen LogP contribution in [0.5, 0.6) is 0 Å². The molecule has 1 unspecified atom stereocenters. The zero-order valence-electron chi connectivity index (χ0n) is 11.5. The third kappa shape index (κ3) is 3.80. The van der Waals surface area contributed by atoms with Gasteiger partial charge >= 0.3 is 0 Å². The van der Waals surface area contributed by atoms with E-state index in [0.717, 1.165) is 19.4 Å². The van der Waals surface area contributed by atoms with Gasteiger partial charge in [0.15, 0.2) is 0 Å². The Morgan fingerprint density at radius 2 is 2.45 bits per heavy atom. The second-order valence-corrected chi connectivity index (χ2v) is 4.71. The Balaban J connectivity index is 1.97. The van der Waals surface area contributed by atoms with Crippen molar-refractivity contribution in [3.8, 4) is 11.8 Å². The first kappa shape index (κ1) is 14.5. The predicted octanol–water partition coefficient (Wildman–Crippen LogP) is 0.676. The van der Waals surface area contributed by atoms with Crippen molar-refractivity contribution in [2.24, 2.45) is 0 Å². The van der Waals surface area contributed by atoms with Crippen LogP contribution >= 0.6 is 0 Å². The van der Waals surface area contributed by atoms with Crippen molar-refractivity contribution in [2.45, 2.75) is 18.9 Å². The van der Waals surface area contributed by atoms with E-state index in [1.54, 1.807) is 24.1 Å². The van der Waals surface area contributed by atoms with Gasteiger partial charge in [-0.3, -0.25) is 4.79 Å². The van der Waals surface area contributed by atoms with Gasteiger partial charge in [0.2, 0.25) is 0 Å². The third-order valence-electron chi connectivity index (χ3n) is 3.14. The van der Waals surface area contributed by atoms with Crippen LogP contribution in [-0.4, -0.2) is 53.8 Å². The SMILES string of the molecule is CN(CC1CCCO1)C(=O)c1ccc(C#CCO)cn1. The number of nitrogens with zero attached hydrogens (tertiary/aromatic N) is 2. The second-order valence-electron chi connectivity index (χ2n) is 4.71. The van der Waals surface area contributed by atoms with Gasteiger partial charge in [-0.05, 0) is 25.0 Å². The van der Waals surface area contributed by atoms with Crippen LogP contribution in [0.2, 0.25) is 0 Å². The van der Waals surface area contributed by atoms with Crippen molar-refractivity contribution in [2.75, 3.05) is 26.8 Å². The minimum absolute atomic E-state index is 0.123. The summed E-state index contributed by atoms with van der Waals surface area (Å²) in [7, 11) is 1.76. The van der Waals surface area contributed by atoms with Gasteiger partial charge in [-0.25, -0.2) is 4.98 Å². The molecule has 1 aromatic rings. The maximum atomic E-state index is 12.2. The van der Waals surface area contributed by atoms with Crippen molar-refractivity contribution in [3.63, 3.8) is 0 Å². The van der Waals surface area contributed by atoms with Gasteiger partial charge in [-0.2, -0.15) is 0 Å².